The molecule has 3 N–H and O–H groups in total. The van der Waals surface area contributed by atoms with Crippen molar-refractivity contribution in [3.63, 3.8) is 0 Å². The Bertz CT molecular complexity index is 687. The lowest BCUT2D eigenvalue weighted by Crippen LogP contribution is -2.39. The zero-order valence-corrected chi connectivity index (χ0v) is 15.1. The van der Waals surface area contributed by atoms with Gasteiger partial charge in [0.05, 0.1) is 13.7 Å². The molecule has 25 heavy (non-hydrogen) atoms. The van der Waals surface area contributed by atoms with Crippen molar-refractivity contribution in [3.05, 3.63) is 59.7 Å². The first-order valence-electron chi connectivity index (χ1n) is 8.57. The van der Waals surface area contributed by atoms with Crippen LogP contribution in [0.3, 0.4) is 0 Å². The highest BCUT2D eigenvalue weighted by atomic mass is 16.5. The van der Waals surface area contributed by atoms with E-state index in [4.69, 9.17) is 4.74 Å². The second-order valence-corrected chi connectivity index (χ2v) is 5.88. The van der Waals surface area contributed by atoms with Crippen molar-refractivity contribution in [2.75, 3.05) is 20.2 Å². The van der Waals surface area contributed by atoms with Gasteiger partial charge in [-0.2, -0.15) is 0 Å². The third-order valence-corrected chi connectivity index (χ3v) is 3.98. The minimum Gasteiger partial charge on any atom is -0.508 e. The number of hydrogen-bond donors (Lipinski definition) is 3. The predicted octanol–water partition coefficient (Wildman–Crippen LogP) is 3.26. The van der Waals surface area contributed by atoms with Crippen molar-refractivity contribution in [1.29, 1.82) is 0 Å². The number of nitrogens with one attached hydrogen (secondary N) is 2. The van der Waals surface area contributed by atoms with Crippen LogP contribution in [0.2, 0.25) is 0 Å². The van der Waals surface area contributed by atoms with Gasteiger partial charge in [0.25, 0.3) is 0 Å². The summed E-state index contributed by atoms with van der Waals surface area (Å²) in [7, 11) is 1.61. The van der Waals surface area contributed by atoms with Crippen LogP contribution >= 0.6 is 0 Å². The molecular weight excluding hydrogens is 314 g/mol. The molecule has 1 unspecified atom stereocenters. The second-order valence-electron chi connectivity index (χ2n) is 5.88. The Kier molecular flexibility index (Phi) is 7.14. The quantitative estimate of drug-likeness (QED) is 0.534. The van der Waals surface area contributed by atoms with Crippen LogP contribution in [0.25, 0.3) is 0 Å². The number of rotatable bonds is 7. The Morgan fingerprint density at radius 1 is 1.16 bits per heavy atom. The van der Waals surface area contributed by atoms with Gasteiger partial charge in [0.2, 0.25) is 0 Å². The molecule has 0 saturated carbocycles. The average Bonchev–Trinajstić information content (AvgIpc) is 2.65. The van der Waals surface area contributed by atoms with Crippen LogP contribution in [0.4, 0.5) is 0 Å². The lowest BCUT2D eigenvalue weighted by atomic mass is 10.0. The van der Waals surface area contributed by atoms with E-state index in [2.05, 4.69) is 46.8 Å². The number of benzene rings is 2. The number of aromatic hydroxyl groups is 1. The number of hydrogen-bond acceptors (Lipinski definition) is 3. The molecule has 0 aliphatic carbocycles. The normalized spacial score (nSPS) is 12.5. The molecule has 0 aromatic heterocycles. The van der Waals surface area contributed by atoms with Crippen LogP contribution in [0.1, 0.15) is 30.9 Å². The van der Waals surface area contributed by atoms with E-state index in [1.807, 2.05) is 13.0 Å². The molecular formula is C20H27N3O2. The van der Waals surface area contributed by atoms with E-state index in [0.29, 0.717) is 18.2 Å². The van der Waals surface area contributed by atoms with E-state index >= 15 is 0 Å². The second kappa shape index (κ2) is 9.57. The van der Waals surface area contributed by atoms with Gasteiger partial charge in [0, 0.05) is 18.7 Å². The first kappa shape index (κ1) is 18.6. The lowest BCUT2D eigenvalue weighted by molar-refractivity contribution is 0.411. The Morgan fingerprint density at radius 2 is 1.92 bits per heavy atom. The minimum atomic E-state index is 0.220. The van der Waals surface area contributed by atoms with E-state index in [0.717, 1.165) is 24.6 Å². The molecule has 2 aromatic carbocycles. The molecule has 0 aliphatic rings. The maximum atomic E-state index is 9.97. The summed E-state index contributed by atoms with van der Waals surface area (Å²) in [6.07, 6.45) is 0. The van der Waals surface area contributed by atoms with Gasteiger partial charge in [-0.1, -0.05) is 37.3 Å². The number of ether oxygens (including phenoxy) is 1. The smallest absolute Gasteiger partial charge is 0.191 e. The van der Waals surface area contributed by atoms with Crippen molar-refractivity contribution in [3.8, 4) is 11.5 Å². The zero-order chi connectivity index (χ0) is 18.1. The molecule has 5 nitrogen and oxygen atoms in total. The fourth-order valence-corrected chi connectivity index (χ4v) is 2.47. The predicted molar refractivity (Wildman–Crippen MR) is 102 cm³/mol. The Morgan fingerprint density at radius 3 is 2.60 bits per heavy atom. The van der Waals surface area contributed by atoms with E-state index in [1.165, 1.54) is 5.56 Å². The van der Waals surface area contributed by atoms with Gasteiger partial charge < -0.3 is 20.5 Å². The van der Waals surface area contributed by atoms with Crippen molar-refractivity contribution in [1.82, 2.24) is 10.6 Å². The first-order valence-corrected chi connectivity index (χ1v) is 8.57. The third-order valence-electron chi connectivity index (χ3n) is 3.98. The maximum absolute atomic E-state index is 9.97. The number of guanidine groups is 1. The molecule has 2 aromatic rings. The maximum Gasteiger partial charge on any atom is 0.191 e. The van der Waals surface area contributed by atoms with Gasteiger partial charge in [-0.05, 0) is 36.6 Å². The molecule has 0 amide bonds. The lowest BCUT2D eigenvalue weighted by Gasteiger charge is -2.16. The molecule has 0 fully saturated rings. The highest BCUT2D eigenvalue weighted by Gasteiger charge is 2.07. The summed E-state index contributed by atoms with van der Waals surface area (Å²) in [6, 6.07) is 15.5. The van der Waals surface area contributed by atoms with Crippen LogP contribution in [0.15, 0.2) is 53.5 Å². The summed E-state index contributed by atoms with van der Waals surface area (Å²) in [5.41, 5.74) is 2.02. The Labute approximate surface area is 149 Å². The summed E-state index contributed by atoms with van der Waals surface area (Å²) < 4.78 is 5.20. The number of methoxy groups -OCH3 is 1. The Balaban J connectivity index is 2.01. The molecule has 0 aliphatic heterocycles. The molecule has 5 heteroatoms. The summed E-state index contributed by atoms with van der Waals surface area (Å²) >= 11 is 0. The van der Waals surface area contributed by atoms with Crippen molar-refractivity contribution >= 4 is 5.96 Å². The minimum absolute atomic E-state index is 0.220. The number of aliphatic imine (C=N–C) groups is 1. The van der Waals surface area contributed by atoms with E-state index < -0.39 is 0 Å². The molecule has 0 bridgehead atoms. The van der Waals surface area contributed by atoms with E-state index in [-0.39, 0.29) is 5.75 Å². The van der Waals surface area contributed by atoms with Crippen LogP contribution < -0.4 is 15.4 Å². The monoisotopic (exact) mass is 341 g/mol. The average molecular weight is 341 g/mol. The number of phenols is 1. The van der Waals surface area contributed by atoms with E-state index in [9.17, 15) is 5.11 Å². The third kappa shape index (κ3) is 5.71. The first-order chi connectivity index (χ1) is 12.1. The van der Waals surface area contributed by atoms with Crippen LogP contribution in [-0.4, -0.2) is 31.3 Å². The Hall–Kier alpha value is -2.69. The summed E-state index contributed by atoms with van der Waals surface area (Å²) in [6.45, 7) is 6.13. The van der Waals surface area contributed by atoms with Crippen LogP contribution in [0.5, 0.6) is 11.5 Å². The molecule has 2 rings (SSSR count). The standard InChI is InChI=1S/C20H27N3O2/c1-4-21-20(22-13-15(2)16-8-6-5-7-9-16)23-14-17-12-18(25-3)10-11-19(17)24/h5-12,15,24H,4,13-14H2,1-3H3,(H2,21,22,23). The van der Waals surface area contributed by atoms with E-state index in [1.54, 1.807) is 25.3 Å². The van der Waals surface area contributed by atoms with Gasteiger partial charge in [0.1, 0.15) is 11.5 Å². The number of nitrogens with zero attached hydrogens (tertiary/aromatic N) is 1. The van der Waals surface area contributed by atoms with Crippen molar-refractivity contribution in [2.45, 2.75) is 26.3 Å². The van der Waals surface area contributed by atoms with Crippen LogP contribution in [-0.2, 0) is 6.54 Å². The fourth-order valence-electron chi connectivity index (χ4n) is 2.47. The highest BCUT2D eigenvalue weighted by Crippen LogP contribution is 2.23. The summed E-state index contributed by atoms with van der Waals surface area (Å²) in [5.74, 6) is 2.03. The van der Waals surface area contributed by atoms with Gasteiger partial charge in [-0.15, -0.1) is 0 Å². The van der Waals surface area contributed by atoms with Crippen molar-refractivity contribution < 1.29 is 9.84 Å². The van der Waals surface area contributed by atoms with Crippen molar-refractivity contribution in [2.24, 2.45) is 4.99 Å². The molecule has 0 spiro atoms. The summed E-state index contributed by atoms with van der Waals surface area (Å²) in [5, 5.41) is 16.6. The van der Waals surface area contributed by atoms with Gasteiger partial charge in [-0.3, -0.25) is 0 Å². The number of phenolic OH excluding ortho intramolecular Hbond substituents is 1. The summed E-state index contributed by atoms with van der Waals surface area (Å²) in [4.78, 5) is 4.56. The van der Waals surface area contributed by atoms with Crippen LogP contribution in [0, 0.1) is 0 Å². The topological polar surface area (TPSA) is 65.9 Å². The molecule has 0 saturated heterocycles. The molecule has 0 radical (unpaired) electrons. The highest BCUT2D eigenvalue weighted by molar-refractivity contribution is 5.79. The SMILES string of the molecule is CCNC(=NCc1cc(OC)ccc1O)NCC(C)c1ccccc1. The largest absolute Gasteiger partial charge is 0.508 e. The van der Waals surface area contributed by atoms with Gasteiger partial charge in [-0.25, -0.2) is 4.99 Å². The van der Waals surface area contributed by atoms with Gasteiger partial charge >= 0.3 is 0 Å². The fraction of sp³-hybridized carbons (Fsp3) is 0.350. The molecule has 134 valence electrons. The van der Waals surface area contributed by atoms with Gasteiger partial charge in [0.15, 0.2) is 5.96 Å². The zero-order valence-electron chi connectivity index (χ0n) is 15.1. The molecule has 0 heterocycles. The molecule has 1 atom stereocenters.